The zero-order valence-corrected chi connectivity index (χ0v) is 13.2. The van der Waals surface area contributed by atoms with Crippen LogP contribution in [-0.4, -0.2) is 15.1 Å². The quantitative estimate of drug-likeness (QED) is 0.822. The Morgan fingerprint density at radius 2 is 1.90 bits per heavy atom. The molecule has 0 bridgehead atoms. The van der Waals surface area contributed by atoms with Crippen molar-refractivity contribution in [2.45, 2.75) is 65.6 Å². The van der Waals surface area contributed by atoms with Gasteiger partial charge in [0.15, 0.2) is 0 Å². The number of hydrogen-bond acceptors (Lipinski definition) is 2. The summed E-state index contributed by atoms with van der Waals surface area (Å²) in [5.41, 5.74) is 2.52. The van der Waals surface area contributed by atoms with Gasteiger partial charge in [-0.05, 0) is 38.8 Å². The minimum atomic E-state index is 0.171. The fourth-order valence-corrected chi connectivity index (χ4v) is 2.77. The number of aryl methyl sites for hydroxylation is 1. The van der Waals surface area contributed by atoms with Gasteiger partial charge < -0.3 is 9.88 Å². The van der Waals surface area contributed by atoms with Crippen LogP contribution in [0.25, 0.3) is 11.0 Å². The van der Waals surface area contributed by atoms with Crippen LogP contribution in [0.3, 0.4) is 0 Å². The van der Waals surface area contributed by atoms with Crippen molar-refractivity contribution in [1.29, 1.82) is 0 Å². The second-order valence-corrected chi connectivity index (χ2v) is 6.16. The normalized spacial score (nSPS) is 12.2. The number of fused-ring (bicyclic) bond motifs is 1. The summed E-state index contributed by atoms with van der Waals surface area (Å²) in [7, 11) is 0. The van der Waals surface area contributed by atoms with Crippen molar-refractivity contribution < 1.29 is 0 Å². The first kappa shape index (κ1) is 15.0. The second kappa shape index (κ2) is 6.40. The molecule has 0 aliphatic rings. The number of para-hydroxylation sites is 2. The van der Waals surface area contributed by atoms with Gasteiger partial charge in [0.2, 0.25) is 0 Å². The summed E-state index contributed by atoms with van der Waals surface area (Å²) < 4.78 is 2.35. The Balaban J connectivity index is 2.22. The summed E-state index contributed by atoms with van der Waals surface area (Å²) in [5.74, 6) is 1.15. The van der Waals surface area contributed by atoms with Crippen LogP contribution in [0.4, 0.5) is 0 Å². The highest BCUT2D eigenvalue weighted by molar-refractivity contribution is 5.75. The van der Waals surface area contributed by atoms with Gasteiger partial charge in [-0.1, -0.05) is 32.4 Å². The maximum Gasteiger partial charge on any atom is 0.123 e. The van der Waals surface area contributed by atoms with E-state index in [-0.39, 0.29) is 5.54 Å². The maximum atomic E-state index is 4.79. The largest absolute Gasteiger partial charge is 0.327 e. The Hall–Kier alpha value is -1.35. The number of aromatic nitrogens is 2. The van der Waals surface area contributed by atoms with Crippen molar-refractivity contribution in [2.75, 3.05) is 0 Å². The Kier molecular flexibility index (Phi) is 4.81. The zero-order chi connectivity index (χ0) is 14.6. The van der Waals surface area contributed by atoms with Crippen LogP contribution in [0.15, 0.2) is 24.3 Å². The molecule has 3 nitrogen and oxygen atoms in total. The first-order valence-electron chi connectivity index (χ1n) is 7.76. The molecule has 1 heterocycles. The van der Waals surface area contributed by atoms with Crippen LogP contribution in [0.2, 0.25) is 0 Å². The van der Waals surface area contributed by atoms with E-state index in [0.29, 0.717) is 0 Å². The molecule has 0 saturated heterocycles. The third kappa shape index (κ3) is 3.40. The molecule has 0 radical (unpaired) electrons. The van der Waals surface area contributed by atoms with Gasteiger partial charge >= 0.3 is 0 Å². The molecule has 1 N–H and O–H groups in total. The van der Waals surface area contributed by atoms with Crippen molar-refractivity contribution in [2.24, 2.45) is 0 Å². The molecule has 0 aliphatic heterocycles. The smallest absolute Gasteiger partial charge is 0.123 e. The van der Waals surface area contributed by atoms with Gasteiger partial charge in [-0.3, -0.25) is 0 Å². The summed E-state index contributed by atoms with van der Waals surface area (Å²) in [4.78, 5) is 4.79. The summed E-state index contributed by atoms with van der Waals surface area (Å²) >= 11 is 0. The predicted octanol–water partition coefficient (Wildman–Crippen LogP) is 4.11. The van der Waals surface area contributed by atoms with Gasteiger partial charge in [0.25, 0.3) is 0 Å². The molecule has 0 unspecified atom stereocenters. The molecule has 1 aromatic carbocycles. The summed E-state index contributed by atoms with van der Waals surface area (Å²) in [6, 6.07) is 8.42. The minimum absolute atomic E-state index is 0.171. The van der Waals surface area contributed by atoms with Gasteiger partial charge in [0.05, 0.1) is 17.6 Å². The topological polar surface area (TPSA) is 29.9 Å². The van der Waals surface area contributed by atoms with E-state index in [1.165, 1.54) is 18.4 Å². The molecule has 0 fully saturated rings. The maximum absolute atomic E-state index is 4.79. The molecular formula is C17H27N3. The number of imidazole rings is 1. The van der Waals surface area contributed by atoms with Crippen molar-refractivity contribution >= 4 is 11.0 Å². The average molecular weight is 273 g/mol. The van der Waals surface area contributed by atoms with Gasteiger partial charge in [0.1, 0.15) is 5.82 Å². The van der Waals surface area contributed by atoms with Crippen LogP contribution >= 0.6 is 0 Å². The third-order valence-electron chi connectivity index (χ3n) is 3.78. The molecular weight excluding hydrogens is 246 g/mol. The van der Waals surface area contributed by atoms with E-state index in [0.717, 1.165) is 30.9 Å². The summed E-state index contributed by atoms with van der Waals surface area (Å²) in [6.45, 7) is 10.9. The highest BCUT2D eigenvalue weighted by Gasteiger charge is 2.17. The van der Waals surface area contributed by atoms with E-state index in [9.17, 15) is 0 Å². The lowest BCUT2D eigenvalue weighted by atomic mass is 9.99. The van der Waals surface area contributed by atoms with Crippen LogP contribution in [-0.2, 0) is 13.1 Å². The predicted molar refractivity (Wildman–Crippen MR) is 85.9 cm³/mol. The number of benzene rings is 1. The van der Waals surface area contributed by atoms with E-state index < -0.39 is 0 Å². The van der Waals surface area contributed by atoms with Crippen LogP contribution in [0.5, 0.6) is 0 Å². The molecule has 0 spiro atoms. The van der Waals surface area contributed by atoms with Crippen molar-refractivity contribution in [3.8, 4) is 0 Å². The lowest BCUT2D eigenvalue weighted by Crippen LogP contribution is -2.39. The number of nitrogens with one attached hydrogen (secondary N) is 1. The van der Waals surface area contributed by atoms with E-state index in [1.807, 2.05) is 0 Å². The lowest BCUT2D eigenvalue weighted by molar-refractivity contribution is 0.350. The van der Waals surface area contributed by atoms with E-state index in [2.05, 4.69) is 61.8 Å². The van der Waals surface area contributed by atoms with Crippen molar-refractivity contribution in [3.63, 3.8) is 0 Å². The summed E-state index contributed by atoms with van der Waals surface area (Å²) in [6.07, 6.45) is 3.51. The minimum Gasteiger partial charge on any atom is -0.327 e. The van der Waals surface area contributed by atoms with Crippen LogP contribution in [0, 0.1) is 0 Å². The Bertz CT molecular complexity index is 554. The zero-order valence-electron chi connectivity index (χ0n) is 13.2. The monoisotopic (exact) mass is 273 g/mol. The molecule has 0 aliphatic carbocycles. The molecule has 2 aromatic rings. The molecule has 1 aromatic heterocycles. The summed E-state index contributed by atoms with van der Waals surface area (Å²) in [5, 5.41) is 3.65. The van der Waals surface area contributed by atoms with E-state index >= 15 is 0 Å². The first-order valence-corrected chi connectivity index (χ1v) is 7.76. The standard InChI is InChI=1S/C17H27N3/c1-5-11-17(3,4)18-13-16-19-14-9-7-8-10-15(14)20(16)12-6-2/h7-10,18H,5-6,11-13H2,1-4H3. The van der Waals surface area contributed by atoms with Gasteiger partial charge in [-0.25, -0.2) is 4.98 Å². The fourth-order valence-electron chi connectivity index (χ4n) is 2.77. The SMILES string of the molecule is CCCn1c(CNC(C)(C)CCC)nc2ccccc21. The van der Waals surface area contributed by atoms with Crippen LogP contribution in [0.1, 0.15) is 52.8 Å². The molecule has 0 amide bonds. The van der Waals surface area contributed by atoms with Gasteiger partial charge in [-0.2, -0.15) is 0 Å². The Labute approximate surface area is 122 Å². The Morgan fingerprint density at radius 3 is 2.60 bits per heavy atom. The van der Waals surface area contributed by atoms with Crippen molar-refractivity contribution in [1.82, 2.24) is 14.9 Å². The van der Waals surface area contributed by atoms with Gasteiger partial charge in [0, 0.05) is 12.1 Å². The van der Waals surface area contributed by atoms with Gasteiger partial charge in [-0.15, -0.1) is 0 Å². The number of rotatable bonds is 7. The fraction of sp³-hybridized carbons (Fsp3) is 0.588. The number of hydrogen-bond donors (Lipinski definition) is 1. The molecule has 110 valence electrons. The molecule has 20 heavy (non-hydrogen) atoms. The Morgan fingerprint density at radius 1 is 1.15 bits per heavy atom. The second-order valence-electron chi connectivity index (χ2n) is 6.16. The highest BCUT2D eigenvalue weighted by atomic mass is 15.1. The number of nitrogens with zero attached hydrogens (tertiary/aromatic N) is 2. The van der Waals surface area contributed by atoms with Crippen LogP contribution < -0.4 is 5.32 Å². The van der Waals surface area contributed by atoms with Crippen molar-refractivity contribution in [3.05, 3.63) is 30.1 Å². The third-order valence-corrected chi connectivity index (χ3v) is 3.78. The highest BCUT2D eigenvalue weighted by Crippen LogP contribution is 2.18. The molecule has 2 rings (SSSR count). The first-order chi connectivity index (χ1) is 9.57. The lowest BCUT2D eigenvalue weighted by Gasteiger charge is -2.25. The van der Waals surface area contributed by atoms with E-state index in [1.54, 1.807) is 0 Å². The van der Waals surface area contributed by atoms with E-state index in [4.69, 9.17) is 4.98 Å². The molecule has 0 saturated carbocycles. The average Bonchev–Trinajstić information content (AvgIpc) is 2.76. The molecule has 0 atom stereocenters. The molecule has 3 heteroatoms.